The van der Waals surface area contributed by atoms with Gasteiger partial charge in [-0.3, -0.25) is 14.4 Å². The molecule has 2 N–H and O–H groups in total. The zero-order valence-corrected chi connectivity index (χ0v) is 16.5. The van der Waals surface area contributed by atoms with E-state index in [4.69, 9.17) is 23.2 Å². The molecular weight excluding hydrogens is 397 g/mol. The van der Waals surface area contributed by atoms with Crippen molar-refractivity contribution in [2.24, 2.45) is 0 Å². The molecule has 1 aromatic heterocycles. The van der Waals surface area contributed by atoms with Gasteiger partial charge in [0.15, 0.2) is 0 Å². The molecule has 1 aromatic carbocycles. The second kappa shape index (κ2) is 9.02. The van der Waals surface area contributed by atoms with Crippen molar-refractivity contribution in [3.05, 3.63) is 50.1 Å². The fourth-order valence-corrected chi connectivity index (χ4v) is 3.29. The number of halogens is 2. The van der Waals surface area contributed by atoms with E-state index >= 15 is 0 Å². The van der Waals surface area contributed by atoms with Crippen molar-refractivity contribution in [3.63, 3.8) is 0 Å². The van der Waals surface area contributed by atoms with E-state index in [9.17, 15) is 14.4 Å². The van der Waals surface area contributed by atoms with Gasteiger partial charge in [-0.25, -0.2) is 0 Å². The van der Waals surface area contributed by atoms with Crippen molar-refractivity contribution in [2.75, 3.05) is 18.9 Å². The number of carbonyl (C=O) groups excluding carboxylic acids is 3. The topological polar surface area (TPSA) is 78.5 Å². The lowest BCUT2D eigenvalue weighted by Gasteiger charge is -2.16. The van der Waals surface area contributed by atoms with Gasteiger partial charge in [-0.2, -0.15) is 0 Å². The summed E-state index contributed by atoms with van der Waals surface area (Å²) in [5.74, 6) is -0.759. The Balaban J connectivity index is 1.92. The number of anilines is 1. The second-order valence-electron chi connectivity index (χ2n) is 5.51. The summed E-state index contributed by atoms with van der Waals surface area (Å²) >= 11 is 13.0. The number of amides is 3. The molecule has 2 aromatic rings. The summed E-state index contributed by atoms with van der Waals surface area (Å²) in [7, 11) is 1.55. The van der Waals surface area contributed by atoms with Crippen molar-refractivity contribution in [1.29, 1.82) is 0 Å². The van der Waals surface area contributed by atoms with E-state index < -0.39 is 0 Å². The van der Waals surface area contributed by atoms with Gasteiger partial charge in [-0.05, 0) is 30.3 Å². The maximum absolute atomic E-state index is 12.4. The normalized spacial score (nSPS) is 10.3. The third-order valence-corrected chi connectivity index (χ3v) is 5.13. The van der Waals surface area contributed by atoms with Crippen LogP contribution in [0, 0.1) is 0 Å². The fourth-order valence-electron chi connectivity index (χ4n) is 2.05. The molecule has 0 spiro atoms. The molecule has 26 heavy (non-hydrogen) atoms. The average Bonchev–Trinajstić information content (AvgIpc) is 3.04. The third kappa shape index (κ3) is 5.72. The van der Waals surface area contributed by atoms with Gasteiger partial charge in [-0.15, -0.1) is 11.3 Å². The number of hydrogen-bond donors (Lipinski definition) is 2. The largest absolute Gasteiger partial charge is 0.351 e. The van der Waals surface area contributed by atoms with Gasteiger partial charge in [0.05, 0.1) is 28.0 Å². The lowest BCUT2D eigenvalue weighted by Crippen LogP contribution is -2.34. The van der Waals surface area contributed by atoms with Crippen molar-refractivity contribution >= 4 is 57.9 Å². The van der Waals surface area contributed by atoms with Gasteiger partial charge in [0.1, 0.15) is 0 Å². The highest BCUT2D eigenvalue weighted by molar-refractivity contribution is 7.14. The second-order valence-corrected chi connectivity index (χ2v) is 7.50. The lowest BCUT2D eigenvalue weighted by atomic mass is 10.3. The minimum Gasteiger partial charge on any atom is -0.351 e. The van der Waals surface area contributed by atoms with Crippen LogP contribution in [0.2, 0.25) is 10.0 Å². The van der Waals surface area contributed by atoms with Crippen molar-refractivity contribution in [3.8, 4) is 0 Å². The molecule has 138 valence electrons. The van der Waals surface area contributed by atoms with Crippen LogP contribution in [0.25, 0.3) is 0 Å². The third-order valence-electron chi connectivity index (χ3n) is 3.31. The number of nitrogens with zero attached hydrogens (tertiary/aromatic N) is 1. The summed E-state index contributed by atoms with van der Waals surface area (Å²) in [6.45, 7) is 1.69. The number of nitrogens with one attached hydrogen (secondary N) is 2. The van der Waals surface area contributed by atoms with Crippen LogP contribution in [0.4, 0.5) is 5.69 Å². The van der Waals surface area contributed by atoms with Crippen molar-refractivity contribution in [1.82, 2.24) is 10.2 Å². The summed E-state index contributed by atoms with van der Waals surface area (Å²) in [5.41, 5.74) is 0.499. The quantitative estimate of drug-likeness (QED) is 0.761. The van der Waals surface area contributed by atoms with E-state index in [0.29, 0.717) is 27.2 Å². The van der Waals surface area contributed by atoms with Crippen LogP contribution in [0.1, 0.15) is 21.5 Å². The molecule has 0 atom stereocenters. The summed E-state index contributed by atoms with van der Waals surface area (Å²) in [4.78, 5) is 38.1. The molecule has 3 amide bonds. The Morgan fingerprint density at radius 3 is 2.50 bits per heavy atom. The zero-order chi connectivity index (χ0) is 19.3. The Morgan fingerprint density at radius 2 is 1.85 bits per heavy atom. The predicted molar refractivity (Wildman–Crippen MR) is 104 cm³/mol. The minimum absolute atomic E-state index is 0.113. The number of carbonyl (C=O) groups is 3. The molecule has 0 radical (unpaired) electrons. The molecule has 0 fully saturated rings. The molecule has 0 aliphatic rings. The van der Waals surface area contributed by atoms with Crippen LogP contribution < -0.4 is 10.6 Å². The Morgan fingerprint density at radius 1 is 1.12 bits per heavy atom. The number of rotatable bonds is 6. The predicted octanol–water partition coefficient (Wildman–Crippen LogP) is 3.40. The van der Waals surface area contributed by atoms with E-state index in [1.54, 1.807) is 31.3 Å². The zero-order valence-electron chi connectivity index (χ0n) is 14.1. The average molecular weight is 414 g/mol. The first kappa shape index (κ1) is 20.2. The Hall–Kier alpha value is -2.09. The number of likely N-dealkylation sites (N-methyl/N-ethyl adjacent to an activating group) is 1. The first-order valence-corrected chi connectivity index (χ1v) is 9.17. The molecule has 1 heterocycles. The van der Waals surface area contributed by atoms with Crippen LogP contribution in [-0.4, -0.2) is 36.2 Å². The molecule has 0 aliphatic heterocycles. The number of hydrogen-bond acceptors (Lipinski definition) is 4. The molecule has 0 unspecified atom stereocenters. The summed E-state index contributed by atoms with van der Waals surface area (Å²) in [6.07, 6.45) is 0. The maximum atomic E-state index is 12.4. The van der Waals surface area contributed by atoms with E-state index in [1.165, 1.54) is 29.2 Å². The molecule has 0 saturated carbocycles. The molecular formula is C17H17Cl2N3O3S. The Bertz CT molecular complexity index is 838. The Kier molecular flexibility index (Phi) is 7.02. The van der Waals surface area contributed by atoms with Gasteiger partial charge in [0.2, 0.25) is 11.8 Å². The van der Waals surface area contributed by atoms with E-state index in [2.05, 4.69) is 10.6 Å². The lowest BCUT2D eigenvalue weighted by molar-refractivity contribution is -0.119. The van der Waals surface area contributed by atoms with E-state index in [0.717, 1.165) is 4.88 Å². The monoisotopic (exact) mass is 413 g/mol. The van der Waals surface area contributed by atoms with Gasteiger partial charge in [0, 0.05) is 24.5 Å². The molecule has 6 nitrogen and oxygen atoms in total. The van der Waals surface area contributed by atoms with Crippen molar-refractivity contribution in [2.45, 2.75) is 13.5 Å². The van der Waals surface area contributed by atoms with Gasteiger partial charge in [0.25, 0.3) is 5.91 Å². The van der Waals surface area contributed by atoms with Gasteiger partial charge in [-0.1, -0.05) is 23.2 Å². The standard InChI is InChI=1S/C17H17Cl2N3O3S/c1-10(23)20-8-12-4-6-15(26-12)17(25)22(2)9-16(24)21-11-3-5-13(18)14(19)7-11/h3-7H,8-9H2,1-2H3,(H,20,23)(H,21,24). The van der Waals surface area contributed by atoms with E-state index in [1.807, 2.05) is 0 Å². The maximum Gasteiger partial charge on any atom is 0.264 e. The van der Waals surface area contributed by atoms with Crippen LogP contribution >= 0.6 is 34.5 Å². The summed E-state index contributed by atoms with van der Waals surface area (Å²) in [5, 5.41) is 6.06. The fraction of sp³-hybridized carbons (Fsp3) is 0.235. The van der Waals surface area contributed by atoms with Crippen LogP contribution in [0.5, 0.6) is 0 Å². The molecule has 0 saturated heterocycles. The summed E-state index contributed by atoms with van der Waals surface area (Å²) < 4.78 is 0. The molecule has 2 rings (SSSR count). The van der Waals surface area contributed by atoms with Crippen LogP contribution in [-0.2, 0) is 16.1 Å². The number of thiophene rings is 1. The smallest absolute Gasteiger partial charge is 0.264 e. The molecule has 0 bridgehead atoms. The highest BCUT2D eigenvalue weighted by Gasteiger charge is 2.17. The van der Waals surface area contributed by atoms with Gasteiger partial charge >= 0.3 is 0 Å². The minimum atomic E-state index is -0.353. The SMILES string of the molecule is CC(=O)NCc1ccc(C(=O)N(C)CC(=O)Nc2ccc(Cl)c(Cl)c2)s1. The van der Waals surface area contributed by atoms with Crippen molar-refractivity contribution < 1.29 is 14.4 Å². The van der Waals surface area contributed by atoms with E-state index in [-0.39, 0.29) is 24.3 Å². The van der Waals surface area contributed by atoms with Crippen LogP contribution in [0.15, 0.2) is 30.3 Å². The first-order valence-electron chi connectivity index (χ1n) is 7.60. The molecule has 9 heteroatoms. The highest BCUT2D eigenvalue weighted by atomic mass is 35.5. The van der Waals surface area contributed by atoms with Crippen LogP contribution in [0.3, 0.4) is 0 Å². The first-order chi connectivity index (χ1) is 12.3. The molecule has 0 aliphatic carbocycles. The van der Waals surface area contributed by atoms with Gasteiger partial charge < -0.3 is 15.5 Å². The summed E-state index contributed by atoms with van der Waals surface area (Å²) in [6, 6.07) is 8.20. The highest BCUT2D eigenvalue weighted by Crippen LogP contribution is 2.25. The number of benzene rings is 1. The Labute approximate surface area is 165 Å².